The average molecular weight is 339 g/mol. The Hall–Kier alpha value is -0.700. The predicted octanol–water partition coefficient (Wildman–Crippen LogP) is 5.11. The van der Waals surface area contributed by atoms with Crippen molar-refractivity contribution in [2.24, 2.45) is 11.3 Å². The third kappa shape index (κ3) is 2.69. The molecule has 1 aromatic carbocycles. The predicted molar refractivity (Wildman–Crippen MR) is 84.8 cm³/mol. The summed E-state index contributed by atoms with van der Waals surface area (Å²) >= 11 is 3.94. The van der Waals surface area contributed by atoms with Crippen LogP contribution in [0.3, 0.4) is 0 Å². The lowest BCUT2D eigenvalue weighted by Gasteiger charge is -2.31. The third-order valence-corrected chi connectivity index (χ3v) is 5.95. The molecule has 0 saturated heterocycles. The molecule has 2 atom stereocenters. The van der Waals surface area contributed by atoms with Gasteiger partial charge in [0.15, 0.2) is 11.5 Å². The van der Waals surface area contributed by atoms with Crippen molar-refractivity contribution in [3.05, 3.63) is 23.8 Å². The Labute approximate surface area is 130 Å². The maximum absolute atomic E-state index is 5.81. The molecule has 1 fully saturated rings. The molecule has 0 radical (unpaired) electrons. The van der Waals surface area contributed by atoms with Crippen LogP contribution in [-0.2, 0) is 0 Å². The minimum absolute atomic E-state index is 0.400. The Balaban J connectivity index is 1.85. The molecule has 0 aromatic heterocycles. The summed E-state index contributed by atoms with van der Waals surface area (Å²) in [5, 5.41) is 0. The molecule has 20 heavy (non-hydrogen) atoms. The second-order valence-electron chi connectivity index (χ2n) is 6.65. The van der Waals surface area contributed by atoms with E-state index in [1.165, 1.54) is 24.8 Å². The van der Waals surface area contributed by atoms with Crippen LogP contribution >= 0.6 is 15.9 Å². The molecule has 1 heterocycles. The second kappa shape index (κ2) is 5.59. The highest BCUT2D eigenvalue weighted by atomic mass is 79.9. The monoisotopic (exact) mass is 338 g/mol. The minimum atomic E-state index is 0.400. The Morgan fingerprint density at radius 3 is 2.60 bits per heavy atom. The summed E-state index contributed by atoms with van der Waals surface area (Å²) in [6, 6.07) is 6.40. The summed E-state index contributed by atoms with van der Waals surface area (Å²) in [4.78, 5) is 0.400. The van der Waals surface area contributed by atoms with Gasteiger partial charge >= 0.3 is 0 Å². The number of hydrogen-bond acceptors (Lipinski definition) is 2. The smallest absolute Gasteiger partial charge is 0.161 e. The fraction of sp³-hybridized carbons (Fsp3) is 0.647. The zero-order valence-corrected chi connectivity index (χ0v) is 13.9. The van der Waals surface area contributed by atoms with Gasteiger partial charge < -0.3 is 9.47 Å². The molecule has 2 aliphatic rings. The molecular formula is C17H23BrO2. The highest BCUT2D eigenvalue weighted by Gasteiger charge is 2.39. The van der Waals surface area contributed by atoms with Gasteiger partial charge in [0.25, 0.3) is 0 Å². The maximum atomic E-state index is 5.81. The molecule has 3 rings (SSSR count). The lowest BCUT2D eigenvalue weighted by Crippen LogP contribution is -2.21. The number of hydrogen-bond donors (Lipinski definition) is 0. The van der Waals surface area contributed by atoms with Crippen LogP contribution in [0.1, 0.15) is 49.9 Å². The van der Waals surface area contributed by atoms with Crippen molar-refractivity contribution in [2.75, 3.05) is 13.2 Å². The van der Waals surface area contributed by atoms with Gasteiger partial charge in [-0.3, -0.25) is 0 Å². The van der Waals surface area contributed by atoms with Crippen molar-refractivity contribution in [3.63, 3.8) is 0 Å². The van der Waals surface area contributed by atoms with E-state index in [2.05, 4.69) is 48.0 Å². The fourth-order valence-electron chi connectivity index (χ4n) is 3.48. The molecule has 3 heteroatoms. The molecule has 1 aliphatic carbocycles. The molecule has 0 spiro atoms. The summed E-state index contributed by atoms with van der Waals surface area (Å²) in [6.07, 6.45) is 4.92. The Morgan fingerprint density at radius 2 is 1.90 bits per heavy atom. The van der Waals surface area contributed by atoms with Gasteiger partial charge in [-0.1, -0.05) is 42.3 Å². The van der Waals surface area contributed by atoms with Gasteiger partial charge in [-0.25, -0.2) is 0 Å². The van der Waals surface area contributed by atoms with Crippen LogP contribution < -0.4 is 9.47 Å². The number of alkyl halides is 1. The first-order valence-electron chi connectivity index (χ1n) is 7.61. The largest absolute Gasteiger partial charge is 0.490 e. The van der Waals surface area contributed by atoms with E-state index in [1.54, 1.807) is 0 Å². The number of benzene rings is 1. The van der Waals surface area contributed by atoms with Crippen molar-refractivity contribution < 1.29 is 9.47 Å². The second-order valence-corrected chi connectivity index (χ2v) is 7.63. The molecular weight excluding hydrogens is 316 g/mol. The molecule has 1 saturated carbocycles. The van der Waals surface area contributed by atoms with Crippen molar-refractivity contribution in [3.8, 4) is 11.5 Å². The third-order valence-electron chi connectivity index (χ3n) is 4.78. The topological polar surface area (TPSA) is 18.5 Å². The molecule has 0 N–H and O–H groups in total. The van der Waals surface area contributed by atoms with Crippen molar-refractivity contribution >= 4 is 15.9 Å². The van der Waals surface area contributed by atoms with E-state index in [0.717, 1.165) is 31.1 Å². The molecule has 2 nitrogen and oxygen atoms in total. The molecule has 2 unspecified atom stereocenters. The number of fused-ring (bicyclic) bond motifs is 1. The number of ether oxygens (including phenoxy) is 2. The SMILES string of the molecule is CC1(C)CCCC1C(Br)c1ccc2c(c1)OCCCO2. The van der Waals surface area contributed by atoms with E-state index < -0.39 is 0 Å². The Morgan fingerprint density at radius 1 is 1.15 bits per heavy atom. The van der Waals surface area contributed by atoms with E-state index in [4.69, 9.17) is 9.47 Å². The van der Waals surface area contributed by atoms with Crippen LogP contribution in [0, 0.1) is 11.3 Å². The summed E-state index contributed by atoms with van der Waals surface area (Å²) in [5.74, 6) is 2.48. The molecule has 0 bridgehead atoms. The first-order valence-corrected chi connectivity index (χ1v) is 8.53. The van der Waals surface area contributed by atoms with Crippen molar-refractivity contribution in [1.82, 2.24) is 0 Å². The minimum Gasteiger partial charge on any atom is -0.490 e. The van der Waals surface area contributed by atoms with Crippen molar-refractivity contribution in [1.29, 1.82) is 0 Å². The fourth-order valence-corrected chi connectivity index (χ4v) is 4.74. The zero-order valence-electron chi connectivity index (χ0n) is 12.3. The van der Waals surface area contributed by atoms with Crippen LogP contribution in [0.15, 0.2) is 18.2 Å². The van der Waals surface area contributed by atoms with E-state index >= 15 is 0 Å². The van der Waals surface area contributed by atoms with Crippen LogP contribution in [0.25, 0.3) is 0 Å². The lowest BCUT2D eigenvalue weighted by atomic mass is 9.78. The first-order chi connectivity index (χ1) is 9.58. The highest BCUT2D eigenvalue weighted by Crippen LogP contribution is 2.52. The van der Waals surface area contributed by atoms with E-state index in [9.17, 15) is 0 Å². The number of rotatable bonds is 2. The van der Waals surface area contributed by atoms with Gasteiger partial charge in [-0.2, -0.15) is 0 Å². The highest BCUT2D eigenvalue weighted by molar-refractivity contribution is 9.09. The summed E-state index contributed by atoms with van der Waals surface area (Å²) < 4.78 is 11.5. The molecule has 1 aromatic rings. The molecule has 1 aliphatic heterocycles. The van der Waals surface area contributed by atoms with Crippen LogP contribution in [0.2, 0.25) is 0 Å². The molecule has 0 amide bonds. The van der Waals surface area contributed by atoms with Crippen LogP contribution in [0.5, 0.6) is 11.5 Å². The Bertz CT molecular complexity index is 484. The van der Waals surface area contributed by atoms with Gasteiger partial charge in [0, 0.05) is 11.2 Å². The summed E-state index contributed by atoms with van der Waals surface area (Å²) in [6.45, 7) is 6.28. The first kappa shape index (κ1) is 14.2. The standard InChI is InChI=1S/C17H23BrO2/c1-17(2)8-3-5-13(17)16(18)12-6-7-14-15(11-12)20-10-4-9-19-14/h6-7,11,13,16H,3-5,8-10H2,1-2H3. The summed E-state index contributed by atoms with van der Waals surface area (Å²) in [5.41, 5.74) is 1.73. The lowest BCUT2D eigenvalue weighted by molar-refractivity contribution is 0.256. The van der Waals surface area contributed by atoms with Crippen molar-refractivity contribution in [2.45, 2.75) is 44.4 Å². The normalized spacial score (nSPS) is 26.1. The van der Waals surface area contributed by atoms with Gasteiger partial charge in [0.05, 0.1) is 13.2 Å². The van der Waals surface area contributed by atoms with Gasteiger partial charge in [0.2, 0.25) is 0 Å². The maximum Gasteiger partial charge on any atom is 0.161 e. The van der Waals surface area contributed by atoms with Crippen LogP contribution in [0.4, 0.5) is 0 Å². The van der Waals surface area contributed by atoms with E-state index in [-0.39, 0.29) is 0 Å². The zero-order chi connectivity index (χ0) is 14.2. The van der Waals surface area contributed by atoms with Crippen LogP contribution in [-0.4, -0.2) is 13.2 Å². The van der Waals surface area contributed by atoms with E-state index in [1.807, 2.05) is 0 Å². The molecule has 110 valence electrons. The van der Waals surface area contributed by atoms with Gasteiger partial charge in [0.1, 0.15) is 0 Å². The summed E-state index contributed by atoms with van der Waals surface area (Å²) in [7, 11) is 0. The Kier molecular flexibility index (Phi) is 3.98. The average Bonchev–Trinajstić information content (AvgIpc) is 2.64. The van der Waals surface area contributed by atoms with Gasteiger partial charge in [-0.05, 0) is 41.9 Å². The van der Waals surface area contributed by atoms with Gasteiger partial charge in [-0.15, -0.1) is 0 Å². The number of halogens is 1. The quantitative estimate of drug-likeness (QED) is 0.697. The van der Waals surface area contributed by atoms with E-state index in [0.29, 0.717) is 16.2 Å².